The predicted molar refractivity (Wildman–Crippen MR) is 77.8 cm³/mol. The van der Waals surface area contributed by atoms with E-state index in [-0.39, 0.29) is 11.6 Å². The molecule has 106 valence electrons. The summed E-state index contributed by atoms with van der Waals surface area (Å²) in [5.41, 5.74) is 0.276. The third-order valence-corrected chi connectivity index (χ3v) is 3.35. The molecule has 0 aromatic heterocycles. The molecule has 1 aliphatic rings. The van der Waals surface area contributed by atoms with Gasteiger partial charge in [0.15, 0.2) is 0 Å². The Morgan fingerprint density at radius 1 is 1.05 bits per heavy atom. The molecule has 1 aromatic carbocycles. The fourth-order valence-electron chi connectivity index (χ4n) is 2.57. The first-order valence-corrected chi connectivity index (χ1v) is 6.64. The maximum absolute atomic E-state index is 12.4. The van der Waals surface area contributed by atoms with E-state index < -0.39 is 11.7 Å². The molecule has 4 nitrogen and oxygen atoms in total. The van der Waals surface area contributed by atoms with E-state index >= 15 is 0 Å². The number of rotatable bonds is 2. The number of benzene rings is 1. The Labute approximate surface area is 119 Å². The number of Topliss-reactive ketones (excluding diaryl/α,β-unsaturated/α-hetero) is 1. The van der Waals surface area contributed by atoms with E-state index in [1.807, 2.05) is 24.2 Å². The third-order valence-electron chi connectivity index (χ3n) is 3.35. The van der Waals surface area contributed by atoms with Crippen molar-refractivity contribution in [3.05, 3.63) is 48.3 Å². The molecule has 4 heteroatoms. The van der Waals surface area contributed by atoms with Gasteiger partial charge in [-0.15, -0.1) is 0 Å². The number of amides is 1. The quantitative estimate of drug-likeness (QED) is 0.613. The summed E-state index contributed by atoms with van der Waals surface area (Å²) in [5, 5.41) is 0. The standard InChI is InChI=1S/C16H20N2O2/c1-16(2,3)15-17(4)10-11-18(15)14(20)13(19)12-8-6-5-7-9-12/h5-11,15H,1-4H3/t15-/m0/s1. The van der Waals surface area contributed by atoms with Gasteiger partial charge in [-0.2, -0.15) is 0 Å². The van der Waals surface area contributed by atoms with Crippen molar-refractivity contribution in [2.45, 2.75) is 26.9 Å². The lowest BCUT2D eigenvalue weighted by molar-refractivity contribution is -0.129. The van der Waals surface area contributed by atoms with Crippen LogP contribution in [0.1, 0.15) is 31.1 Å². The second-order valence-corrected chi connectivity index (χ2v) is 6.11. The molecule has 1 aliphatic heterocycles. The zero-order valence-electron chi connectivity index (χ0n) is 12.3. The molecule has 0 aliphatic carbocycles. The molecule has 0 unspecified atom stereocenters. The molecule has 0 saturated carbocycles. The number of ketones is 1. The van der Waals surface area contributed by atoms with Crippen LogP contribution < -0.4 is 0 Å². The van der Waals surface area contributed by atoms with Gasteiger partial charge in [0.1, 0.15) is 6.17 Å². The molecule has 0 bridgehead atoms. The van der Waals surface area contributed by atoms with Crippen LogP contribution >= 0.6 is 0 Å². The minimum Gasteiger partial charge on any atom is -0.358 e. The minimum atomic E-state index is -0.489. The largest absolute Gasteiger partial charge is 0.358 e. The van der Waals surface area contributed by atoms with Crippen molar-refractivity contribution < 1.29 is 9.59 Å². The molecule has 0 spiro atoms. The van der Waals surface area contributed by atoms with Gasteiger partial charge in [-0.05, 0) is 0 Å². The number of nitrogens with zero attached hydrogens (tertiary/aromatic N) is 2. The van der Waals surface area contributed by atoms with E-state index in [0.29, 0.717) is 5.56 Å². The first kappa shape index (κ1) is 14.3. The fraction of sp³-hybridized carbons (Fsp3) is 0.375. The van der Waals surface area contributed by atoms with Crippen LogP contribution in [0.5, 0.6) is 0 Å². The van der Waals surface area contributed by atoms with Crippen LogP contribution in [0, 0.1) is 5.41 Å². The second kappa shape index (κ2) is 5.12. The van der Waals surface area contributed by atoms with Gasteiger partial charge in [-0.1, -0.05) is 51.1 Å². The van der Waals surface area contributed by atoms with Crippen molar-refractivity contribution in [3.63, 3.8) is 0 Å². The highest BCUT2D eigenvalue weighted by molar-refractivity contribution is 6.43. The molecule has 1 heterocycles. The Bertz CT molecular complexity index is 543. The summed E-state index contributed by atoms with van der Waals surface area (Å²) < 4.78 is 0. The molecule has 0 radical (unpaired) electrons. The van der Waals surface area contributed by atoms with Crippen molar-refractivity contribution >= 4 is 11.7 Å². The predicted octanol–water partition coefficient (Wildman–Crippen LogP) is 2.49. The van der Waals surface area contributed by atoms with Crippen LogP contribution in [0.2, 0.25) is 0 Å². The van der Waals surface area contributed by atoms with Gasteiger partial charge in [-0.25, -0.2) is 0 Å². The second-order valence-electron chi connectivity index (χ2n) is 6.11. The smallest absolute Gasteiger partial charge is 0.300 e. The molecular weight excluding hydrogens is 252 g/mol. The Kier molecular flexibility index (Phi) is 3.66. The lowest BCUT2D eigenvalue weighted by atomic mass is 9.90. The van der Waals surface area contributed by atoms with Gasteiger partial charge in [0, 0.05) is 30.4 Å². The van der Waals surface area contributed by atoms with Crippen molar-refractivity contribution in [2.24, 2.45) is 5.41 Å². The summed E-state index contributed by atoms with van der Waals surface area (Å²) in [5.74, 6) is -0.962. The average Bonchev–Trinajstić information content (AvgIpc) is 2.80. The molecule has 20 heavy (non-hydrogen) atoms. The molecule has 2 rings (SSSR count). The lowest BCUT2D eigenvalue weighted by Crippen LogP contribution is -2.50. The molecular formula is C16H20N2O2. The van der Waals surface area contributed by atoms with Crippen LogP contribution in [0.15, 0.2) is 42.7 Å². The summed E-state index contributed by atoms with van der Waals surface area (Å²) in [6.07, 6.45) is 3.35. The molecule has 0 fully saturated rings. The number of hydrogen-bond donors (Lipinski definition) is 0. The van der Waals surface area contributed by atoms with Crippen LogP contribution in [0.3, 0.4) is 0 Å². The molecule has 0 N–H and O–H groups in total. The van der Waals surface area contributed by atoms with Crippen molar-refractivity contribution in [3.8, 4) is 0 Å². The maximum atomic E-state index is 12.4. The Hall–Kier alpha value is -2.10. The monoisotopic (exact) mass is 272 g/mol. The van der Waals surface area contributed by atoms with Gasteiger partial charge in [-0.3, -0.25) is 14.5 Å². The van der Waals surface area contributed by atoms with Gasteiger partial charge in [0.2, 0.25) is 0 Å². The molecule has 1 amide bonds. The molecule has 1 atom stereocenters. The summed E-state index contributed by atoms with van der Waals surface area (Å²) >= 11 is 0. The van der Waals surface area contributed by atoms with E-state index in [1.54, 1.807) is 30.5 Å². The summed E-state index contributed by atoms with van der Waals surface area (Å²) in [7, 11) is 1.91. The average molecular weight is 272 g/mol. The van der Waals surface area contributed by atoms with E-state index in [2.05, 4.69) is 20.8 Å². The highest BCUT2D eigenvalue weighted by atomic mass is 16.2. The van der Waals surface area contributed by atoms with Crippen molar-refractivity contribution in [1.82, 2.24) is 9.80 Å². The van der Waals surface area contributed by atoms with Gasteiger partial charge >= 0.3 is 5.91 Å². The van der Waals surface area contributed by atoms with E-state index in [4.69, 9.17) is 0 Å². The Balaban J connectivity index is 2.25. The Morgan fingerprint density at radius 2 is 1.65 bits per heavy atom. The highest BCUT2D eigenvalue weighted by Gasteiger charge is 2.39. The normalized spacial score (nSPS) is 18.5. The first-order chi connectivity index (χ1) is 9.32. The number of carbonyl (C=O) groups is 2. The molecule has 1 aromatic rings. The number of carbonyl (C=O) groups excluding carboxylic acids is 2. The van der Waals surface area contributed by atoms with Crippen LogP contribution in [0.4, 0.5) is 0 Å². The topological polar surface area (TPSA) is 40.6 Å². The van der Waals surface area contributed by atoms with E-state index in [1.165, 1.54) is 4.90 Å². The van der Waals surface area contributed by atoms with Crippen LogP contribution in [-0.2, 0) is 4.79 Å². The maximum Gasteiger partial charge on any atom is 0.300 e. The molecule has 0 saturated heterocycles. The zero-order chi connectivity index (χ0) is 14.9. The summed E-state index contributed by atoms with van der Waals surface area (Å²) in [6, 6.07) is 8.66. The van der Waals surface area contributed by atoms with Gasteiger partial charge < -0.3 is 4.90 Å². The lowest BCUT2D eigenvalue weighted by Gasteiger charge is -2.38. The third kappa shape index (κ3) is 2.59. The minimum absolute atomic E-state index is 0.148. The highest BCUT2D eigenvalue weighted by Crippen LogP contribution is 2.31. The fourth-order valence-corrected chi connectivity index (χ4v) is 2.57. The zero-order valence-corrected chi connectivity index (χ0v) is 12.3. The Morgan fingerprint density at radius 3 is 2.20 bits per heavy atom. The summed E-state index contributed by atoms with van der Waals surface area (Å²) in [6.45, 7) is 6.15. The van der Waals surface area contributed by atoms with Crippen LogP contribution in [0.25, 0.3) is 0 Å². The number of hydrogen-bond acceptors (Lipinski definition) is 3. The van der Waals surface area contributed by atoms with E-state index in [0.717, 1.165) is 0 Å². The SMILES string of the molecule is CN1C=CN(C(=O)C(=O)c2ccccc2)[C@H]1C(C)(C)C. The van der Waals surface area contributed by atoms with Gasteiger partial charge in [0.25, 0.3) is 5.78 Å². The van der Waals surface area contributed by atoms with Crippen molar-refractivity contribution in [2.75, 3.05) is 7.05 Å². The van der Waals surface area contributed by atoms with E-state index in [9.17, 15) is 9.59 Å². The van der Waals surface area contributed by atoms with Gasteiger partial charge in [0.05, 0.1) is 0 Å². The van der Waals surface area contributed by atoms with Crippen LogP contribution in [-0.4, -0.2) is 34.7 Å². The van der Waals surface area contributed by atoms with Crippen molar-refractivity contribution in [1.29, 1.82) is 0 Å². The first-order valence-electron chi connectivity index (χ1n) is 6.64. The summed E-state index contributed by atoms with van der Waals surface area (Å²) in [4.78, 5) is 28.2.